The number of aromatic amines is 1. The van der Waals surface area contributed by atoms with Gasteiger partial charge >= 0.3 is 0 Å². The van der Waals surface area contributed by atoms with Crippen LogP contribution in [-0.4, -0.2) is 19.9 Å². The van der Waals surface area contributed by atoms with E-state index in [1.54, 1.807) is 6.33 Å². The van der Waals surface area contributed by atoms with E-state index in [0.29, 0.717) is 0 Å². The molecule has 2 heterocycles. The van der Waals surface area contributed by atoms with Gasteiger partial charge in [0, 0.05) is 5.69 Å². The Hall–Kier alpha value is -1.97. The molecule has 0 aliphatic carbocycles. The predicted molar refractivity (Wildman–Crippen MR) is 58.7 cm³/mol. The maximum atomic E-state index is 4.54. The minimum atomic E-state index is 0.867. The lowest BCUT2D eigenvalue weighted by molar-refractivity contribution is 1.10. The standard InChI is InChI=1S/C11H10N4/c1-6-7(2)15-11-9(14-6)4-3-8-10(11)13-5-12-8/h3-5,14H,1-2H3. The maximum Gasteiger partial charge on any atom is 0.118 e. The molecule has 74 valence electrons. The van der Waals surface area contributed by atoms with E-state index in [4.69, 9.17) is 0 Å². The van der Waals surface area contributed by atoms with E-state index in [1.807, 2.05) is 26.0 Å². The molecule has 4 heteroatoms. The van der Waals surface area contributed by atoms with Crippen molar-refractivity contribution in [2.45, 2.75) is 13.8 Å². The van der Waals surface area contributed by atoms with Gasteiger partial charge in [0.05, 0.1) is 16.7 Å². The molecule has 2 aromatic heterocycles. The summed E-state index contributed by atoms with van der Waals surface area (Å²) in [6.45, 7) is 4.00. The maximum absolute atomic E-state index is 4.54. The van der Waals surface area contributed by atoms with Gasteiger partial charge < -0.3 is 4.98 Å². The lowest BCUT2D eigenvalue weighted by Crippen LogP contribution is -1.93. The summed E-state index contributed by atoms with van der Waals surface area (Å²) < 4.78 is 0. The van der Waals surface area contributed by atoms with Crippen LogP contribution in [0.5, 0.6) is 0 Å². The summed E-state index contributed by atoms with van der Waals surface area (Å²) in [6, 6.07) is 3.95. The highest BCUT2D eigenvalue weighted by Gasteiger charge is 2.06. The highest BCUT2D eigenvalue weighted by molar-refractivity contribution is 5.99. The first-order valence-corrected chi connectivity index (χ1v) is 4.82. The van der Waals surface area contributed by atoms with Crippen LogP contribution in [0, 0.1) is 13.8 Å². The quantitative estimate of drug-likeness (QED) is 0.602. The first kappa shape index (κ1) is 8.35. The van der Waals surface area contributed by atoms with Crippen molar-refractivity contribution in [3.05, 3.63) is 29.8 Å². The summed E-state index contributed by atoms with van der Waals surface area (Å²) in [7, 11) is 0. The van der Waals surface area contributed by atoms with Gasteiger partial charge in [0.15, 0.2) is 0 Å². The molecule has 0 spiro atoms. The van der Waals surface area contributed by atoms with Crippen molar-refractivity contribution in [3.8, 4) is 0 Å². The zero-order valence-corrected chi connectivity index (χ0v) is 8.57. The van der Waals surface area contributed by atoms with Crippen LogP contribution in [0.4, 0.5) is 0 Å². The van der Waals surface area contributed by atoms with Gasteiger partial charge in [-0.25, -0.2) is 15.0 Å². The Labute approximate surface area is 86.4 Å². The van der Waals surface area contributed by atoms with Crippen LogP contribution in [0.2, 0.25) is 0 Å². The van der Waals surface area contributed by atoms with Crippen LogP contribution in [0.1, 0.15) is 11.4 Å². The van der Waals surface area contributed by atoms with Gasteiger partial charge in [0.1, 0.15) is 17.4 Å². The number of fused-ring (bicyclic) bond motifs is 3. The second-order valence-electron chi connectivity index (χ2n) is 3.65. The van der Waals surface area contributed by atoms with E-state index in [2.05, 4.69) is 19.9 Å². The molecule has 0 saturated heterocycles. The summed E-state index contributed by atoms with van der Waals surface area (Å²) in [4.78, 5) is 16.2. The minimum Gasteiger partial charge on any atom is -0.356 e. The molecule has 0 saturated carbocycles. The number of aromatic nitrogens is 4. The number of imidazole rings is 1. The third kappa shape index (κ3) is 1.11. The van der Waals surface area contributed by atoms with E-state index in [1.165, 1.54) is 0 Å². The van der Waals surface area contributed by atoms with E-state index in [-0.39, 0.29) is 0 Å². The number of aryl methyl sites for hydroxylation is 2. The fourth-order valence-corrected chi connectivity index (χ4v) is 1.71. The van der Waals surface area contributed by atoms with Crippen molar-refractivity contribution < 1.29 is 0 Å². The number of H-pyrrole nitrogens is 1. The number of rotatable bonds is 0. The third-order valence-corrected chi connectivity index (χ3v) is 2.66. The normalized spacial score (nSPS) is 11.3. The Morgan fingerprint density at radius 1 is 1.07 bits per heavy atom. The molecule has 0 aliphatic rings. The topological polar surface area (TPSA) is 54.5 Å². The van der Waals surface area contributed by atoms with Gasteiger partial charge in [-0.15, -0.1) is 0 Å². The first-order chi connectivity index (χ1) is 7.25. The Morgan fingerprint density at radius 2 is 1.93 bits per heavy atom. The highest BCUT2D eigenvalue weighted by atomic mass is 14.9. The number of nitrogens with zero attached hydrogens (tertiary/aromatic N) is 3. The van der Waals surface area contributed by atoms with E-state index in [9.17, 15) is 0 Å². The van der Waals surface area contributed by atoms with Gasteiger partial charge in [-0.3, -0.25) is 0 Å². The van der Waals surface area contributed by atoms with Gasteiger partial charge in [0.2, 0.25) is 0 Å². The SMILES string of the molecule is Cc1nc2c(ccc3ncnc32)[nH]c1C. The van der Waals surface area contributed by atoms with Crippen molar-refractivity contribution in [2.75, 3.05) is 0 Å². The average Bonchev–Trinajstić information content (AvgIpc) is 2.68. The molecule has 1 aromatic carbocycles. The molecule has 0 bridgehead atoms. The smallest absolute Gasteiger partial charge is 0.118 e. The van der Waals surface area contributed by atoms with Crippen LogP contribution in [-0.2, 0) is 0 Å². The number of hydrogen-bond donors (Lipinski definition) is 1. The fraction of sp³-hybridized carbons (Fsp3) is 0.182. The number of nitrogens with one attached hydrogen (secondary N) is 1. The monoisotopic (exact) mass is 198 g/mol. The Balaban J connectivity index is 2.57. The predicted octanol–water partition coefficient (Wildman–Crippen LogP) is 2.12. The largest absolute Gasteiger partial charge is 0.356 e. The van der Waals surface area contributed by atoms with Gasteiger partial charge in [-0.05, 0) is 26.0 Å². The van der Waals surface area contributed by atoms with Crippen LogP contribution in [0.15, 0.2) is 18.5 Å². The van der Waals surface area contributed by atoms with Crippen LogP contribution >= 0.6 is 0 Å². The van der Waals surface area contributed by atoms with E-state index < -0.39 is 0 Å². The molecule has 1 N–H and O–H groups in total. The van der Waals surface area contributed by atoms with Crippen LogP contribution < -0.4 is 0 Å². The zero-order chi connectivity index (χ0) is 10.4. The third-order valence-electron chi connectivity index (χ3n) is 2.66. The van der Waals surface area contributed by atoms with Crippen molar-refractivity contribution in [1.29, 1.82) is 0 Å². The van der Waals surface area contributed by atoms with Crippen molar-refractivity contribution >= 4 is 22.1 Å². The molecule has 0 amide bonds. The number of hydrogen-bond acceptors (Lipinski definition) is 3. The van der Waals surface area contributed by atoms with Crippen LogP contribution in [0.25, 0.3) is 22.1 Å². The molecular weight excluding hydrogens is 188 g/mol. The summed E-state index contributed by atoms with van der Waals surface area (Å²) in [5, 5.41) is 0. The van der Waals surface area contributed by atoms with Crippen molar-refractivity contribution in [3.63, 3.8) is 0 Å². The molecular formula is C11H10N4. The Morgan fingerprint density at radius 3 is 2.80 bits per heavy atom. The Kier molecular flexibility index (Phi) is 1.54. The first-order valence-electron chi connectivity index (χ1n) is 4.82. The lowest BCUT2D eigenvalue weighted by Gasteiger charge is -2.03. The molecule has 0 fully saturated rings. The second-order valence-corrected chi connectivity index (χ2v) is 3.65. The molecule has 15 heavy (non-hydrogen) atoms. The zero-order valence-electron chi connectivity index (χ0n) is 8.57. The Bertz CT molecular complexity index is 654. The lowest BCUT2D eigenvalue weighted by atomic mass is 10.2. The summed E-state index contributed by atoms with van der Waals surface area (Å²) in [6.07, 6.45) is 1.57. The van der Waals surface area contributed by atoms with Crippen LogP contribution in [0.3, 0.4) is 0 Å². The molecule has 0 aliphatic heterocycles. The average molecular weight is 198 g/mol. The molecule has 0 atom stereocenters. The molecule has 3 aromatic rings. The van der Waals surface area contributed by atoms with Crippen molar-refractivity contribution in [1.82, 2.24) is 19.9 Å². The molecule has 3 rings (SSSR count). The van der Waals surface area contributed by atoms with Gasteiger partial charge in [-0.2, -0.15) is 0 Å². The van der Waals surface area contributed by atoms with Crippen molar-refractivity contribution in [2.24, 2.45) is 0 Å². The summed E-state index contributed by atoms with van der Waals surface area (Å²) >= 11 is 0. The fourth-order valence-electron chi connectivity index (χ4n) is 1.71. The second kappa shape index (κ2) is 2.76. The highest BCUT2D eigenvalue weighted by Crippen LogP contribution is 2.20. The van der Waals surface area contributed by atoms with Gasteiger partial charge in [0.25, 0.3) is 0 Å². The molecule has 0 unspecified atom stereocenters. The molecule has 4 nitrogen and oxygen atoms in total. The summed E-state index contributed by atoms with van der Waals surface area (Å²) in [5.41, 5.74) is 5.75. The van der Waals surface area contributed by atoms with Gasteiger partial charge in [-0.1, -0.05) is 0 Å². The minimum absolute atomic E-state index is 0.867. The van der Waals surface area contributed by atoms with E-state index in [0.717, 1.165) is 33.5 Å². The van der Waals surface area contributed by atoms with E-state index >= 15 is 0 Å². The summed E-state index contributed by atoms with van der Waals surface area (Å²) in [5.74, 6) is 0. The number of benzene rings is 1. The molecule has 0 radical (unpaired) electrons.